The van der Waals surface area contributed by atoms with Gasteiger partial charge in [-0.25, -0.2) is 13.4 Å². The minimum atomic E-state index is -2.87. The van der Waals surface area contributed by atoms with Gasteiger partial charge in [0, 0.05) is 18.3 Å². The number of rotatable bonds is 3. The molecule has 6 heteroatoms. The van der Waals surface area contributed by atoms with Crippen LogP contribution < -0.4 is 5.73 Å². The SMILES string of the molecule is CC(C)C(N)c1cncn1C1CCS(=O)(=O)C1. The monoisotopic (exact) mass is 257 g/mol. The zero-order valence-corrected chi connectivity index (χ0v) is 11.0. The maximum Gasteiger partial charge on any atom is 0.152 e. The lowest BCUT2D eigenvalue weighted by Gasteiger charge is -2.20. The summed E-state index contributed by atoms with van der Waals surface area (Å²) in [6.07, 6.45) is 4.11. The Kier molecular flexibility index (Phi) is 3.27. The Labute approximate surface area is 102 Å². The van der Waals surface area contributed by atoms with Crippen molar-refractivity contribution in [1.82, 2.24) is 9.55 Å². The first kappa shape index (κ1) is 12.6. The Hall–Kier alpha value is -0.880. The number of sulfone groups is 1. The van der Waals surface area contributed by atoms with Crippen molar-refractivity contribution in [2.24, 2.45) is 11.7 Å². The Balaban J connectivity index is 2.26. The van der Waals surface area contributed by atoms with Gasteiger partial charge in [0.05, 0.1) is 23.5 Å². The molecule has 1 aliphatic heterocycles. The van der Waals surface area contributed by atoms with Crippen LogP contribution in [0.25, 0.3) is 0 Å². The summed E-state index contributed by atoms with van der Waals surface area (Å²) >= 11 is 0. The smallest absolute Gasteiger partial charge is 0.152 e. The average Bonchev–Trinajstić information content (AvgIpc) is 2.82. The van der Waals surface area contributed by atoms with Gasteiger partial charge < -0.3 is 10.3 Å². The van der Waals surface area contributed by atoms with Gasteiger partial charge in [-0.15, -0.1) is 0 Å². The summed E-state index contributed by atoms with van der Waals surface area (Å²) in [6, 6.07) is -0.0943. The molecule has 0 amide bonds. The third-order valence-corrected chi connectivity index (χ3v) is 5.11. The van der Waals surface area contributed by atoms with Crippen LogP contribution in [0.1, 0.15) is 38.0 Å². The van der Waals surface area contributed by atoms with Gasteiger partial charge in [-0.2, -0.15) is 0 Å². The molecule has 1 aromatic rings. The predicted octanol–water partition coefficient (Wildman–Crippen LogP) is 0.899. The van der Waals surface area contributed by atoms with E-state index in [0.717, 1.165) is 5.69 Å². The summed E-state index contributed by atoms with van der Waals surface area (Å²) in [4.78, 5) is 4.11. The molecule has 5 nitrogen and oxygen atoms in total. The Morgan fingerprint density at radius 3 is 2.76 bits per heavy atom. The molecule has 1 aromatic heterocycles. The highest BCUT2D eigenvalue weighted by atomic mass is 32.2. The lowest BCUT2D eigenvalue weighted by Crippen LogP contribution is -2.23. The first-order chi connectivity index (χ1) is 7.91. The van der Waals surface area contributed by atoms with Gasteiger partial charge in [0.25, 0.3) is 0 Å². The largest absolute Gasteiger partial charge is 0.329 e. The maximum atomic E-state index is 11.5. The summed E-state index contributed by atoms with van der Waals surface area (Å²) in [7, 11) is -2.87. The summed E-state index contributed by atoms with van der Waals surface area (Å²) in [5, 5.41) is 0. The fraction of sp³-hybridized carbons (Fsp3) is 0.727. The molecule has 0 spiro atoms. The van der Waals surface area contributed by atoms with Crippen molar-refractivity contribution in [2.75, 3.05) is 11.5 Å². The third-order valence-electron chi connectivity index (χ3n) is 3.36. The zero-order valence-electron chi connectivity index (χ0n) is 10.2. The topological polar surface area (TPSA) is 78.0 Å². The summed E-state index contributed by atoms with van der Waals surface area (Å²) in [5.74, 6) is 0.788. The Morgan fingerprint density at radius 2 is 2.24 bits per heavy atom. The predicted molar refractivity (Wildman–Crippen MR) is 66.3 cm³/mol. The van der Waals surface area contributed by atoms with Crippen LogP contribution in [0.5, 0.6) is 0 Å². The van der Waals surface area contributed by atoms with E-state index in [1.165, 1.54) is 0 Å². The fourth-order valence-electron chi connectivity index (χ4n) is 2.21. The maximum absolute atomic E-state index is 11.5. The van der Waals surface area contributed by atoms with E-state index < -0.39 is 9.84 Å². The van der Waals surface area contributed by atoms with E-state index in [-0.39, 0.29) is 23.6 Å². The van der Waals surface area contributed by atoms with Crippen molar-refractivity contribution in [3.05, 3.63) is 18.2 Å². The lowest BCUT2D eigenvalue weighted by molar-refractivity contribution is 0.451. The van der Waals surface area contributed by atoms with Gasteiger partial charge in [-0.05, 0) is 12.3 Å². The minimum Gasteiger partial charge on any atom is -0.329 e. The van der Waals surface area contributed by atoms with Crippen molar-refractivity contribution in [2.45, 2.75) is 32.4 Å². The molecule has 17 heavy (non-hydrogen) atoms. The lowest BCUT2D eigenvalue weighted by atomic mass is 10.0. The molecule has 2 atom stereocenters. The van der Waals surface area contributed by atoms with E-state index in [2.05, 4.69) is 4.98 Å². The highest BCUT2D eigenvalue weighted by Gasteiger charge is 2.31. The van der Waals surface area contributed by atoms with Gasteiger partial charge in [0.2, 0.25) is 0 Å². The van der Waals surface area contributed by atoms with Crippen molar-refractivity contribution < 1.29 is 8.42 Å². The molecular weight excluding hydrogens is 238 g/mol. The van der Waals surface area contributed by atoms with Crippen LogP contribution in [0.4, 0.5) is 0 Å². The summed E-state index contributed by atoms with van der Waals surface area (Å²) in [6.45, 7) is 4.10. The number of hydrogen-bond donors (Lipinski definition) is 1. The molecular formula is C11H19N3O2S. The number of nitrogens with two attached hydrogens (primary N) is 1. The van der Waals surface area contributed by atoms with Crippen LogP contribution in [0.15, 0.2) is 12.5 Å². The number of hydrogen-bond acceptors (Lipinski definition) is 4. The van der Waals surface area contributed by atoms with Gasteiger partial charge in [-0.3, -0.25) is 0 Å². The molecule has 1 aliphatic rings. The number of imidazole rings is 1. The van der Waals surface area contributed by atoms with Crippen LogP contribution in [-0.4, -0.2) is 29.5 Å². The highest BCUT2D eigenvalue weighted by Crippen LogP contribution is 2.28. The third kappa shape index (κ3) is 2.52. The molecule has 1 saturated heterocycles. The normalized spacial score (nSPS) is 25.3. The second-order valence-corrected chi connectivity index (χ2v) is 7.28. The van der Waals surface area contributed by atoms with E-state index >= 15 is 0 Å². The molecule has 0 bridgehead atoms. The van der Waals surface area contributed by atoms with Gasteiger partial charge in [0.15, 0.2) is 9.84 Å². The van der Waals surface area contributed by atoms with Crippen LogP contribution in [0, 0.1) is 5.92 Å². The Morgan fingerprint density at radius 1 is 1.53 bits per heavy atom. The van der Waals surface area contributed by atoms with E-state index in [4.69, 9.17) is 5.73 Å². The van der Waals surface area contributed by atoms with Crippen molar-refractivity contribution in [1.29, 1.82) is 0 Å². The summed E-state index contributed by atoms with van der Waals surface area (Å²) in [5.41, 5.74) is 7.04. The first-order valence-electron chi connectivity index (χ1n) is 5.88. The quantitative estimate of drug-likeness (QED) is 0.872. The highest BCUT2D eigenvalue weighted by molar-refractivity contribution is 7.91. The van der Waals surface area contributed by atoms with Crippen LogP contribution in [-0.2, 0) is 9.84 Å². The molecule has 2 rings (SSSR count). The number of aromatic nitrogens is 2. The molecule has 2 heterocycles. The molecule has 2 unspecified atom stereocenters. The summed E-state index contributed by atoms with van der Waals surface area (Å²) < 4.78 is 24.9. The molecule has 0 radical (unpaired) electrons. The molecule has 0 aromatic carbocycles. The van der Waals surface area contributed by atoms with Crippen LogP contribution in [0.2, 0.25) is 0 Å². The van der Waals surface area contributed by atoms with Crippen molar-refractivity contribution >= 4 is 9.84 Å². The van der Waals surface area contributed by atoms with E-state index in [9.17, 15) is 8.42 Å². The van der Waals surface area contributed by atoms with Gasteiger partial charge in [-0.1, -0.05) is 13.8 Å². The van der Waals surface area contributed by atoms with Crippen LogP contribution >= 0.6 is 0 Å². The average molecular weight is 257 g/mol. The molecule has 0 saturated carbocycles. The first-order valence-corrected chi connectivity index (χ1v) is 7.70. The standard InChI is InChI=1S/C11H19N3O2S/c1-8(2)11(12)10-5-13-7-14(10)9-3-4-17(15,16)6-9/h5,7-9,11H,3-4,6,12H2,1-2H3. The minimum absolute atomic E-state index is 0.00213. The van der Waals surface area contributed by atoms with Gasteiger partial charge in [0.1, 0.15) is 0 Å². The second kappa shape index (κ2) is 4.42. The van der Waals surface area contributed by atoms with Crippen molar-refractivity contribution in [3.63, 3.8) is 0 Å². The molecule has 2 N–H and O–H groups in total. The molecule has 0 aliphatic carbocycles. The second-order valence-electron chi connectivity index (χ2n) is 5.05. The van der Waals surface area contributed by atoms with Crippen molar-refractivity contribution in [3.8, 4) is 0 Å². The Bertz CT molecular complexity index is 493. The van der Waals surface area contributed by atoms with E-state index in [1.54, 1.807) is 12.5 Å². The fourth-order valence-corrected chi connectivity index (χ4v) is 3.93. The molecule has 96 valence electrons. The van der Waals surface area contributed by atoms with E-state index in [1.807, 2.05) is 18.4 Å². The van der Waals surface area contributed by atoms with E-state index in [0.29, 0.717) is 12.3 Å². The molecule has 1 fully saturated rings. The van der Waals surface area contributed by atoms with Gasteiger partial charge >= 0.3 is 0 Å². The zero-order chi connectivity index (χ0) is 12.6. The van der Waals surface area contributed by atoms with Crippen LogP contribution in [0.3, 0.4) is 0 Å². The number of nitrogens with zero attached hydrogens (tertiary/aromatic N) is 2.